The Bertz CT molecular complexity index is 1130. The maximum absolute atomic E-state index is 13.0. The first kappa shape index (κ1) is 19.8. The van der Waals surface area contributed by atoms with E-state index in [-0.39, 0.29) is 17.5 Å². The zero-order chi connectivity index (χ0) is 20.8. The van der Waals surface area contributed by atoms with Gasteiger partial charge in [-0.15, -0.1) is 11.8 Å². The average molecular weight is 420 g/mol. The van der Waals surface area contributed by atoms with E-state index in [1.54, 1.807) is 24.5 Å². The van der Waals surface area contributed by atoms with E-state index < -0.39 is 0 Å². The van der Waals surface area contributed by atoms with Crippen molar-refractivity contribution in [2.45, 2.75) is 11.3 Å². The van der Waals surface area contributed by atoms with Crippen LogP contribution in [0.15, 0.2) is 82.5 Å². The Morgan fingerprint density at radius 3 is 2.60 bits per heavy atom. The van der Waals surface area contributed by atoms with Crippen LogP contribution in [0.25, 0.3) is 11.4 Å². The molecule has 150 valence electrons. The highest BCUT2D eigenvalue weighted by molar-refractivity contribution is 8.00. The minimum Gasteiger partial charge on any atom is -0.339 e. The number of hydrogen-bond donors (Lipinski definition) is 1. The number of pyridine rings is 1. The van der Waals surface area contributed by atoms with Gasteiger partial charge in [-0.05, 0) is 48.0 Å². The number of thioether (sulfide) groups is 1. The van der Waals surface area contributed by atoms with Crippen LogP contribution in [-0.4, -0.2) is 26.8 Å². The summed E-state index contributed by atoms with van der Waals surface area (Å²) in [6, 6.07) is 17.1. The zero-order valence-corrected chi connectivity index (χ0v) is 16.6. The van der Waals surface area contributed by atoms with Crippen molar-refractivity contribution in [3.63, 3.8) is 0 Å². The summed E-state index contributed by atoms with van der Waals surface area (Å²) in [5.41, 5.74) is 2.37. The third-order valence-electron chi connectivity index (χ3n) is 4.22. The van der Waals surface area contributed by atoms with Crippen molar-refractivity contribution >= 4 is 23.4 Å². The van der Waals surface area contributed by atoms with E-state index in [9.17, 15) is 9.18 Å². The number of rotatable bonds is 7. The number of amides is 1. The molecule has 30 heavy (non-hydrogen) atoms. The molecule has 0 radical (unpaired) electrons. The molecule has 1 N–H and O–H groups in total. The highest BCUT2D eigenvalue weighted by atomic mass is 32.2. The molecule has 8 heteroatoms. The van der Waals surface area contributed by atoms with E-state index in [1.807, 2.05) is 36.4 Å². The molecule has 0 unspecified atom stereocenters. The molecule has 6 nitrogen and oxygen atoms in total. The van der Waals surface area contributed by atoms with E-state index in [0.29, 0.717) is 23.8 Å². The van der Waals surface area contributed by atoms with Crippen molar-refractivity contribution in [2.24, 2.45) is 0 Å². The summed E-state index contributed by atoms with van der Waals surface area (Å²) < 4.78 is 18.4. The lowest BCUT2D eigenvalue weighted by molar-refractivity contribution is -0.113. The lowest BCUT2D eigenvalue weighted by atomic mass is 10.1. The van der Waals surface area contributed by atoms with E-state index in [1.165, 1.54) is 23.9 Å². The molecule has 0 spiro atoms. The molecule has 0 aliphatic heterocycles. The fourth-order valence-electron chi connectivity index (χ4n) is 2.77. The lowest BCUT2D eigenvalue weighted by Gasteiger charge is -2.09. The number of para-hydroxylation sites is 1. The highest BCUT2D eigenvalue weighted by Crippen LogP contribution is 2.22. The molecule has 0 aliphatic carbocycles. The minimum absolute atomic E-state index is 0.153. The summed E-state index contributed by atoms with van der Waals surface area (Å²) >= 11 is 1.34. The fraction of sp³-hybridized carbons (Fsp3) is 0.0909. The second-order valence-electron chi connectivity index (χ2n) is 6.37. The Kier molecular flexibility index (Phi) is 6.14. The van der Waals surface area contributed by atoms with Gasteiger partial charge >= 0.3 is 0 Å². The van der Waals surface area contributed by atoms with Gasteiger partial charge < -0.3 is 9.84 Å². The van der Waals surface area contributed by atoms with E-state index in [0.717, 1.165) is 16.0 Å². The number of halogens is 1. The Morgan fingerprint density at radius 1 is 1.03 bits per heavy atom. The lowest BCUT2D eigenvalue weighted by Crippen LogP contribution is -2.15. The summed E-state index contributed by atoms with van der Waals surface area (Å²) in [5, 5.41) is 6.93. The molecule has 2 aromatic heterocycles. The molecule has 0 saturated heterocycles. The standard InChI is InChI=1S/C22H17FN4O2S/c23-17-5-7-18(8-6-17)30-14-20(28)25-19-4-2-1-3-16(19)13-21-26-22(27-29-21)15-9-11-24-12-10-15/h1-12H,13-14H2,(H,25,28). The first-order valence-electron chi connectivity index (χ1n) is 9.16. The molecule has 2 heterocycles. The molecule has 0 bridgehead atoms. The van der Waals surface area contributed by atoms with Gasteiger partial charge in [0.1, 0.15) is 5.82 Å². The average Bonchev–Trinajstić information content (AvgIpc) is 3.24. The van der Waals surface area contributed by atoms with Gasteiger partial charge in [-0.25, -0.2) is 4.39 Å². The number of aromatic nitrogens is 3. The minimum atomic E-state index is -0.300. The number of hydrogen-bond acceptors (Lipinski definition) is 6. The fourth-order valence-corrected chi connectivity index (χ4v) is 3.47. The smallest absolute Gasteiger partial charge is 0.234 e. The van der Waals surface area contributed by atoms with E-state index >= 15 is 0 Å². The Balaban J connectivity index is 1.40. The van der Waals surface area contributed by atoms with Crippen LogP contribution in [0.5, 0.6) is 0 Å². The van der Waals surface area contributed by atoms with Crippen LogP contribution in [0.4, 0.5) is 10.1 Å². The molecule has 4 rings (SSSR count). The predicted molar refractivity (Wildman–Crippen MR) is 113 cm³/mol. The van der Waals surface area contributed by atoms with Crippen molar-refractivity contribution in [1.29, 1.82) is 0 Å². The summed E-state index contributed by atoms with van der Waals surface area (Å²) in [5.74, 6) is 0.701. The Labute approximate surface area is 176 Å². The Hall–Kier alpha value is -3.52. The SMILES string of the molecule is O=C(CSc1ccc(F)cc1)Nc1ccccc1Cc1nc(-c2ccncc2)no1. The van der Waals surface area contributed by atoms with Crippen molar-refractivity contribution in [3.8, 4) is 11.4 Å². The number of carbonyl (C=O) groups is 1. The number of carbonyl (C=O) groups excluding carboxylic acids is 1. The van der Waals surface area contributed by atoms with E-state index in [2.05, 4.69) is 20.4 Å². The van der Waals surface area contributed by atoms with Gasteiger partial charge in [-0.1, -0.05) is 23.4 Å². The van der Waals surface area contributed by atoms with Crippen LogP contribution in [0.1, 0.15) is 11.5 Å². The third-order valence-corrected chi connectivity index (χ3v) is 5.24. The van der Waals surface area contributed by atoms with Crippen LogP contribution in [0.2, 0.25) is 0 Å². The van der Waals surface area contributed by atoms with Crippen molar-refractivity contribution < 1.29 is 13.7 Å². The quantitative estimate of drug-likeness (QED) is 0.441. The molecule has 2 aromatic carbocycles. The summed E-state index contributed by atoms with van der Waals surface area (Å²) in [6.07, 6.45) is 3.72. The van der Waals surface area contributed by atoms with E-state index in [4.69, 9.17) is 4.52 Å². The van der Waals surface area contributed by atoms with Gasteiger partial charge in [-0.2, -0.15) is 4.98 Å². The van der Waals surface area contributed by atoms with Crippen LogP contribution in [0.3, 0.4) is 0 Å². The summed E-state index contributed by atoms with van der Waals surface area (Å²) in [4.78, 5) is 21.6. The van der Waals surface area contributed by atoms with Crippen LogP contribution >= 0.6 is 11.8 Å². The second-order valence-corrected chi connectivity index (χ2v) is 7.42. The molecule has 0 aliphatic rings. The van der Waals surface area contributed by atoms with Gasteiger partial charge in [0.15, 0.2) is 0 Å². The largest absolute Gasteiger partial charge is 0.339 e. The van der Waals surface area contributed by atoms with Gasteiger partial charge in [0.2, 0.25) is 17.6 Å². The highest BCUT2D eigenvalue weighted by Gasteiger charge is 2.13. The maximum Gasteiger partial charge on any atom is 0.234 e. The number of anilines is 1. The second kappa shape index (κ2) is 9.32. The molecule has 4 aromatic rings. The molecule has 0 atom stereocenters. The topological polar surface area (TPSA) is 80.9 Å². The first-order chi connectivity index (χ1) is 14.7. The maximum atomic E-state index is 13.0. The Morgan fingerprint density at radius 2 is 1.80 bits per heavy atom. The monoisotopic (exact) mass is 420 g/mol. The molecular weight excluding hydrogens is 403 g/mol. The van der Waals surface area contributed by atoms with Crippen LogP contribution in [-0.2, 0) is 11.2 Å². The van der Waals surface area contributed by atoms with Gasteiger partial charge in [-0.3, -0.25) is 9.78 Å². The van der Waals surface area contributed by atoms with Gasteiger partial charge in [0, 0.05) is 28.5 Å². The van der Waals surface area contributed by atoms with Crippen molar-refractivity contribution in [3.05, 3.63) is 90.3 Å². The van der Waals surface area contributed by atoms with Gasteiger partial charge in [0.05, 0.1) is 12.2 Å². The number of nitrogens with one attached hydrogen (secondary N) is 1. The van der Waals surface area contributed by atoms with Crippen molar-refractivity contribution in [1.82, 2.24) is 15.1 Å². The number of nitrogens with zero attached hydrogens (tertiary/aromatic N) is 3. The molecule has 1 amide bonds. The third kappa shape index (κ3) is 5.09. The summed E-state index contributed by atoms with van der Waals surface area (Å²) in [6.45, 7) is 0. The van der Waals surface area contributed by atoms with Gasteiger partial charge in [0.25, 0.3) is 0 Å². The zero-order valence-electron chi connectivity index (χ0n) is 15.8. The predicted octanol–water partition coefficient (Wildman–Crippen LogP) is 4.59. The first-order valence-corrected chi connectivity index (χ1v) is 10.1. The normalized spacial score (nSPS) is 10.7. The summed E-state index contributed by atoms with van der Waals surface area (Å²) in [7, 11) is 0. The molecule has 0 saturated carbocycles. The molecule has 0 fully saturated rings. The molecular formula is C22H17FN4O2S. The number of benzene rings is 2. The van der Waals surface area contributed by atoms with Crippen LogP contribution < -0.4 is 5.32 Å². The van der Waals surface area contributed by atoms with Crippen molar-refractivity contribution in [2.75, 3.05) is 11.1 Å². The van der Waals surface area contributed by atoms with Crippen LogP contribution in [0, 0.1) is 5.82 Å².